The Morgan fingerprint density at radius 2 is 1.40 bits per heavy atom. The summed E-state index contributed by atoms with van der Waals surface area (Å²) in [6, 6.07) is 16.1. The molecule has 0 aliphatic carbocycles. The molecular weight excluding hydrogens is 324 g/mol. The van der Waals surface area contributed by atoms with Crippen LogP contribution in [-0.4, -0.2) is 10.8 Å². The topological polar surface area (TPSA) is 43.1 Å². The summed E-state index contributed by atoms with van der Waals surface area (Å²) >= 11 is 0. The Balaban J connectivity index is 1.71. The molecule has 3 nitrogen and oxygen atoms in total. The standard InChI is InChI=1S/C20H11F2NO2/c21-15-6-1-12(2-7-15)19(24)14-5-10-18-17(11-14)23-20(25-18)13-3-8-16(22)9-4-13/h1-11H. The number of fused-ring (bicyclic) bond motifs is 1. The molecular formula is C20H11F2NO2. The van der Waals surface area contributed by atoms with Crippen LogP contribution in [0.3, 0.4) is 0 Å². The van der Waals surface area contributed by atoms with Crippen molar-refractivity contribution in [3.8, 4) is 11.5 Å². The molecule has 1 aromatic heterocycles. The number of carbonyl (C=O) groups is 1. The van der Waals surface area contributed by atoms with Crippen LogP contribution in [0, 0.1) is 11.6 Å². The number of carbonyl (C=O) groups excluding carboxylic acids is 1. The molecule has 0 radical (unpaired) electrons. The van der Waals surface area contributed by atoms with Crippen LogP contribution in [0.5, 0.6) is 0 Å². The molecule has 0 saturated heterocycles. The van der Waals surface area contributed by atoms with Crippen molar-refractivity contribution in [1.82, 2.24) is 4.98 Å². The summed E-state index contributed by atoms with van der Waals surface area (Å²) in [5, 5.41) is 0. The van der Waals surface area contributed by atoms with Gasteiger partial charge in [-0.05, 0) is 66.7 Å². The van der Waals surface area contributed by atoms with Crippen LogP contribution in [0.15, 0.2) is 71.1 Å². The highest BCUT2D eigenvalue weighted by molar-refractivity contribution is 6.10. The normalized spacial score (nSPS) is 11.0. The number of hydrogen-bond acceptors (Lipinski definition) is 3. The van der Waals surface area contributed by atoms with E-state index >= 15 is 0 Å². The maximum Gasteiger partial charge on any atom is 0.227 e. The third-order valence-corrected chi connectivity index (χ3v) is 3.85. The minimum atomic E-state index is -0.396. The number of benzene rings is 3. The van der Waals surface area contributed by atoms with Gasteiger partial charge < -0.3 is 4.42 Å². The van der Waals surface area contributed by atoms with E-state index in [1.54, 1.807) is 30.3 Å². The minimum absolute atomic E-state index is 0.228. The lowest BCUT2D eigenvalue weighted by Crippen LogP contribution is -2.00. The van der Waals surface area contributed by atoms with E-state index in [4.69, 9.17) is 4.42 Å². The summed E-state index contributed by atoms with van der Waals surface area (Å²) in [4.78, 5) is 16.9. The molecule has 0 fully saturated rings. The van der Waals surface area contributed by atoms with Gasteiger partial charge in [-0.3, -0.25) is 4.79 Å². The Morgan fingerprint density at radius 1 is 0.800 bits per heavy atom. The number of hydrogen-bond donors (Lipinski definition) is 0. The van der Waals surface area contributed by atoms with Crippen LogP contribution in [0.2, 0.25) is 0 Å². The van der Waals surface area contributed by atoms with Crippen molar-refractivity contribution in [2.75, 3.05) is 0 Å². The highest BCUT2D eigenvalue weighted by Crippen LogP contribution is 2.25. The minimum Gasteiger partial charge on any atom is -0.436 e. The number of oxazole rings is 1. The molecule has 0 N–H and O–H groups in total. The van der Waals surface area contributed by atoms with E-state index in [2.05, 4.69) is 4.98 Å². The largest absolute Gasteiger partial charge is 0.436 e. The predicted molar refractivity (Wildman–Crippen MR) is 89.2 cm³/mol. The fourth-order valence-electron chi connectivity index (χ4n) is 2.55. The average molecular weight is 335 g/mol. The quantitative estimate of drug-likeness (QED) is 0.495. The molecule has 0 aliphatic heterocycles. The first-order chi connectivity index (χ1) is 12.1. The summed E-state index contributed by atoms with van der Waals surface area (Å²) in [5.74, 6) is -0.617. The molecule has 5 heteroatoms. The van der Waals surface area contributed by atoms with Crippen molar-refractivity contribution < 1.29 is 18.0 Å². The van der Waals surface area contributed by atoms with Crippen LogP contribution >= 0.6 is 0 Å². The van der Waals surface area contributed by atoms with Gasteiger partial charge in [0.05, 0.1) is 0 Å². The Labute approximate surface area is 141 Å². The van der Waals surface area contributed by atoms with Gasteiger partial charge >= 0.3 is 0 Å². The first-order valence-electron chi connectivity index (χ1n) is 7.57. The summed E-state index contributed by atoms with van der Waals surface area (Å²) in [5.41, 5.74) is 2.51. The van der Waals surface area contributed by atoms with E-state index < -0.39 is 5.82 Å². The number of aromatic nitrogens is 1. The molecule has 4 rings (SSSR count). The lowest BCUT2D eigenvalue weighted by Gasteiger charge is -2.00. The SMILES string of the molecule is O=C(c1ccc(F)cc1)c1ccc2oc(-c3ccc(F)cc3)nc2c1. The van der Waals surface area contributed by atoms with Gasteiger partial charge in [0, 0.05) is 16.7 Å². The highest BCUT2D eigenvalue weighted by atomic mass is 19.1. The maximum absolute atomic E-state index is 13.0. The molecule has 1 heterocycles. The molecule has 25 heavy (non-hydrogen) atoms. The number of rotatable bonds is 3. The number of nitrogens with zero attached hydrogens (tertiary/aromatic N) is 1. The van der Waals surface area contributed by atoms with E-state index in [1.165, 1.54) is 36.4 Å². The fraction of sp³-hybridized carbons (Fsp3) is 0. The van der Waals surface area contributed by atoms with E-state index in [1.807, 2.05) is 0 Å². The van der Waals surface area contributed by atoms with E-state index in [9.17, 15) is 13.6 Å². The van der Waals surface area contributed by atoms with E-state index in [0.29, 0.717) is 33.7 Å². The lowest BCUT2D eigenvalue weighted by molar-refractivity contribution is 0.103. The predicted octanol–water partition coefficient (Wildman–Crippen LogP) is 5.00. The van der Waals surface area contributed by atoms with E-state index in [-0.39, 0.29) is 11.6 Å². The maximum atomic E-state index is 13.0. The van der Waals surface area contributed by atoms with Gasteiger partial charge in [0.15, 0.2) is 11.4 Å². The Kier molecular flexibility index (Phi) is 3.61. The van der Waals surface area contributed by atoms with Gasteiger partial charge in [0.25, 0.3) is 0 Å². The first-order valence-corrected chi connectivity index (χ1v) is 7.57. The zero-order valence-corrected chi connectivity index (χ0v) is 12.9. The zero-order chi connectivity index (χ0) is 17.4. The van der Waals surface area contributed by atoms with Crippen molar-refractivity contribution in [2.24, 2.45) is 0 Å². The molecule has 0 amide bonds. The van der Waals surface area contributed by atoms with Crippen molar-refractivity contribution in [3.63, 3.8) is 0 Å². The van der Waals surface area contributed by atoms with E-state index in [0.717, 1.165) is 0 Å². The highest BCUT2D eigenvalue weighted by Gasteiger charge is 2.13. The van der Waals surface area contributed by atoms with Gasteiger partial charge in [0.1, 0.15) is 17.2 Å². The lowest BCUT2D eigenvalue weighted by atomic mass is 10.0. The van der Waals surface area contributed by atoms with Gasteiger partial charge in [0.2, 0.25) is 5.89 Å². The molecule has 0 spiro atoms. The van der Waals surface area contributed by atoms with Gasteiger partial charge in [-0.25, -0.2) is 13.8 Å². The van der Waals surface area contributed by atoms with Crippen molar-refractivity contribution in [3.05, 3.63) is 89.5 Å². The number of ketones is 1. The average Bonchev–Trinajstić information content (AvgIpc) is 3.05. The van der Waals surface area contributed by atoms with Crippen molar-refractivity contribution in [2.45, 2.75) is 0 Å². The van der Waals surface area contributed by atoms with Crippen LogP contribution in [0.4, 0.5) is 8.78 Å². The molecule has 122 valence electrons. The van der Waals surface area contributed by atoms with Gasteiger partial charge in [-0.2, -0.15) is 0 Å². The fourth-order valence-corrected chi connectivity index (χ4v) is 2.55. The van der Waals surface area contributed by atoms with Crippen LogP contribution in [-0.2, 0) is 0 Å². The first kappa shape index (κ1) is 15.2. The summed E-state index contributed by atoms with van der Waals surface area (Å²) in [6.45, 7) is 0. The molecule has 0 bridgehead atoms. The molecule has 0 unspecified atom stereocenters. The Morgan fingerprint density at radius 3 is 2.08 bits per heavy atom. The second kappa shape index (κ2) is 5.94. The number of halogens is 2. The second-order valence-electron chi connectivity index (χ2n) is 5.54. The van der Waals surface area contributed by atoms with Crippen molar-refractivity contribution >= 4 is 16.9 Å². The third-order valence-electron chi connectivity index (χ3n) is 3.85. The van der Waals surface area contributed by atoms with Crippen molar-refractivity contribution in [1.29, 1.82) is 0 Å². The van der Waals surface area contributed by atoms with Crippen LogP contribution in [0.1, 0.15) is 15.9 Å². The second-order valence-corrected chi connectivity index (χ2v) is 5.54. The summed E-state index contributed by atoms with van der Waals surface area (Å²) in [7, 11) is 0. The molecule has 3 aromatic carbocycles. The monoisotopic (exact) mass is 335 g/mol. The Hall–Kier alpha value is -3.34. The van der Waals surface area contributed by atoms with Crippen LogP contribution in [0.25, 0.3) is 22.6 Å². The smallest absolute Gasteiger partial charge is 0.227 e. The van der Waals surface area contributed by atoms with Crippen LogP contribution < -0.4 is 0 Å². The molecule has 0 atom stereocenters. The van der Waals surface area contributed by atoms with Gasteiger partial charge in [-0.1, -0.05) is 0 Å². The third kappa shape index (κ3) is 2.92. The summed E-state index contributed by atoms with van der Waals surface area (Å²) in [6.07, 6.45) is 0. The molecule has 4 aromatic rings. The van der Waals surface area contributed by atoms with Gasteiger partial charge in [-0.15, -0.1) is 0 Å². The summed E-state index contributed by atoms with van der Waals surface area (Å²) < 4.78 is 31.7. The zero-order valence-electron chi connectivity index (χ0n) is 12.9. The Bertz CT molecular complexity index is 1070. The molecule has 0 aliphatic rings. The molecule has 0 saturated carbocycles.